The summed E-state index contributed by atoms with van der Waals surface area (Å²) in [6.07, 6.45) is 10.5. The van der Waals surface area contributed by atoms with E-state index in [0.717, 1.165) is 6.42 Å². The second-order valence-electron chi connectivity index (χ2n) is 6.59. The zero-order chi connectivity index (χ0) is 19.9. The molecule has 4 aromatic rings. The number of benzene rings is 2. The Balaban J connectivity index is 0.000000210. The SMILES string of the molecule is CC1=[C-]CC=C1.Cc1cc2c(-n3ccc4ccccc43)cccc2[cH-]1.[Cl][Zr+2][Cl]. The van der Waals surface area contributed by atoms with Crippen molar-refractivity contribution in [2.24, 2.45) is 0 Å². The summed E-state index contributed by atoms with van der Waals surface area (Å²) >= 11 is -0.826. The van der Waals surface area contributed by atoms with E-state index in [4.69, 9.17) is 17.0 Å². The van der Waals surface area contributed by atoms with E-state index in [-0.39, 0.29) is 0 Å². The van der Waals surface area contributed by atoms with Crippen LogP contribution in [0.25, 0.3) is 27.4 Å². The van der Waals surface area contributed by atoms with Crippen LogP contribution in [-0.2, 0) is 20.8 Å². The number of aryl methyl sites for hydroxylation is 1. The quantitative estimate of drug-likeness (QED) is 0.242. The van der Waals surface area contributed by atoms with Gasteiger partial charge in [0.1, 0.15) is 0 Å². The fourth-order valence-electron chi connectivity index (χ4n) is 3.39. The Hall–Kier alpha value is -1.47. The zero-order valence-corrected chi connectivity index (χ0v) is 19.9. The van der Waals surface area contributed by atoms with Crippen molar-refractivity contribution in [3.8, 4) is 5.69 Å². The number of para-hydroxylation sites is 1. The molecule has 140 valence electrons. The van der Waals surface area contributed by atoms with Crippen molar-refractivity contribution in [3.63, 3.8) is 0 Å². The summed E-state index contributed by atoms with van der Waals surface area (Å²) in [5.74, 6) is 0. The van der Waals surface area contributed by atoms with Crippen LogP contribution in [0.3, 0.4) is 0 Å². The van der Waals surface area contributed by atoms with E-state index in [1.807, 2.05) is 0 Å². The number of nitrogens with zero attached hydrogens (tertiary/aromatic N) is 1. The number of allylic oxidation sites excluding steroid dienone is 4. The molecule has 1 heterocycles. The second kappa shape index (κ2) is 10.4. The number of hydrogen-bond acceptors (Lipinski definition) is 0. The normalized spacial score (nSPS) is 12.1. The minimum atomic E-state index is -0.826. The second-order valence-corrected chi connectivity index (χ2v) is 10.3. The molecule has 1 aliphatic rings. The number of fused-ring (bicyclic) bond motifs is 2. The molecular formula is C24H21Cl2NZr. The van der Waals surface area contributed by atoms with E-state index in [1.54, 1.807) is 0 Å². The van der Waals surface area contributed by atoms with Crippen LogP contribution in [0.15, 0.2) is 84.6 Å². The molecule has 5 rings (SSSR count). The summed E-state index contributed by atoms with van der Waals surface area (Å²) in [7, 11) is 9.87. The molecule has 0 N–H and O–H groups in total. The predicted molar refractivity (Wildman–Crippen MR) is 119 cm³/mol. The number of rotatable bonds is 1. The molecule has 0 unspecified atom stereocenters. The van der Waals surface area contributed by atoms with Gasteiger partial charge >= 0.3 is 37.9 Å². The Bertz CT molecular complexity index is 1120. The van der Waals surface area contributed by atoms with Crippen molar-refractivity contribution in [2.45, 2.75) is 20.3 Å². The van der Waals surface area contributed by atoms with Crippen LogP contribution in [0.1, 0.15) is 18.9 Å². The molecule has 28 heavy (non-hydrogen) atoms. The van der Waals surface area contributed by atoms with Gasteiger partial charge in [0, 0.05) is 11.9 Å². The standard InChI is InChI=1S/C18H14N.C6H7.2ClH.Zr/c1-13-11-15-6-4-8-18(16(15)12-13)19-10-9-14-5-2-3-7-17(14)19;1-6-4-2-3-5-6;;;/h2-12H,1H3;2,4H,3H2,1H3;2*1H;/q2*-1;;;+4/p-2. The molecule has 0 radical (unpaired) electrons. The Morgan fingerprint density at radius 2 is 1.82 bits per heavy atom. The van der Waals surface area contributed by atoms with Crippen molar-refractivity contribution in [3.05, 3.63) is 96.2 Å². The van der Waals surface area contributed by atoms with Gasteiger partial charge in [0.2, 0.25) is 0 Å². The van der Waals surface area contributed by atoms with E-state index in [2.05, 4.69) is 104 Å². The van der Waals surface area contributed by atoms with Crippen molar-refractivity contribution in [2.75, 3.05) is 0 Å². The molecule has 0 fully saturated rings. The Kier molecular flexibility index (Phi) is 7.85. The first-order valence-electron chi connectivity index (χ1n) is 9.07. The fraction of sp³-hybridized carbons (Fsp3) is 0.125. The molecule has 0 saturated heterocycles. The molecule has 0 aliphatic heterocycles. The molecule has 0 saturated carbocycles. The van der Waals surface area contributed by atoms with E-state index in [9.17, 15) is 0 Å². The average molecular weight is 486 g/mol. The Morgan fingerprint density at radius 3 is 2.50 bits per heavy atom. The molecule has 3 aromatic carbocycles. The van der Waals surface area contributed by atoms with Gasteiger partial charge in [-0.25, -0.2) is 11.6 Å². The first kappa shape index (κ1) is 21.2. The van der Waals surface area contributed by atoms with E-state index in [0.29, 0.717) is 0 Å². The van der Waals surface area contributed by atoms with Gasteiger partial charge in [-0.2, -0.15) is 12.1 Å². The summed E-state index contributed by atoms with van der Waals surface area (Å²) in [6, 6.07) is 21.7. The maximum atomic E-state index is 4.93. The molecular weight excluding hydrogens is 464 g/mol. The third-order valence-corrected chi connectivity index (χ3v) is 4.60. The molecule has 1 aromatic heterocycles. The summed E-state index contributed by atoms with van der Waals surface area (Å²) < 4.78 is 2.27. The van der Waals surface area contributed by atoms with Gasteiger partial charge in [-0.1, -0.05) is 38.1 Å². The van der Waals surface area contributed by atoms with Crippen molar-refractivity contribution in [1.82, 2.24) is 4.57 Å². The third kappa shape index (κ3) is 5.12. The molecule has 0 bridgehead atoms. The van der Waals surface area contributed by atoms with Gasteiger partial charge in [0.05, 0.1) is 5.52 Å². The number of hydrogen-bond donors (Lipinski definition) is 0. The topological polar surface area (TPSA) is 4.93 Å². The summed E-state index contributed by atoms with van der Waals surface area (Å²) in [5.41, 5.74) is 5.11. The van der Waals surface area contributed by atoms with Crippen LogP contribution in [0, 0.1) is 13.0 Å². The molecule has 4 heteroatoms. The minimum absolute atomic E-state index is 0.826. The van der Waals surface area contributed by atoms with Crippen molar-refractivity contribution < 1.29 is 20.8 Å². The fourth-order valence-corrected chi connectivity index (χ4v) is 3.39. The Labute approximate surface area is 185 Å². The van der Waals surface area contributed by atoms with Crippen LogP contribution >= 0.6 is 17.0 Å². The average Bonchev–Trinajstić information content (AvgIpc) is 3.41. The van der Waals surface area contributed by atoms with Crippen molar-refractivity contribution in [1.29, 1.82) is 0 Å². The first-order valence-corrected chi connectivity index (χ1v) is 15.4. The van der Waals surface area contributed by atoms with E-state index < -0.39 is 20.8 Å². The molecule has 0 amide bonds. The molecule has 1 aliphatic carbocycles. The summed E-state index contributed by atoms with van der Waals surface area (Å²) in [6.45, 7) is 4.21. The van der Waals surface area contributed by atoms with Gasteiger partial charge in [-0.3, -0.25) is 6.08 Å². The number of halogens is 2. The predicted octanol–water partition coefficient (Wildman–Crippen LogP) is 7.88. The van der Waals surface area contributed by atoms with E-state index >= 15 is 0 Å². The summed E-state index contributed by atoms with van der Waals surface area (Å²) in [5, 5.41) is 3.91. The summed E-state index contributed by atoms with van der Waals surface area (Å²) in [4.78, 5) is 0. The monoisotopic (exact) mass is 483 g/mol. The van der Waals surface area contributed by atoms with Crippen LogP contribution in [0.4, 0.5) is 0 Å². The zero-order valence-electron chi connectivity index (χ0n) is 15.9. The molecule has 1 nitrogen and oxygen atoms in total. The van der Waals surface area contributed by atoms with Gasteiger partial charge in [0.15, 0.2) is 0 Å². The van der Waals surface area contributed by atoms with Crippen LogP contribution in [-0.4, -0.2) is 4.57 Å². The third-order valence-electron chi connectivity index (χ3n) is 4.60. The first-order chi connectivity index (χ1) is 13.6. The van der Waals surface area contributed by atoms with E-state index in [1.165, 1.54) is 38.5 Å². The molecule has 0 spiro atoms. The molecule has 0 atom stereocenters. The van der Waals surface area contributed by atoms with Crippen LogP contribution in [0.2, 0.25) is 0 Å². The maximum absolute atomic E-state index is 4.93. The van der Waals surface area contributed by atoms with Gasteiger partial charge in [-0.05, 0) is 17.5 Å². The van der Waals surface area contributed by atoms with Gasteiger partial charge in [0.25, 0.3) is 0 Å². The van der Waals surface area contributed by atoms with Crippen molar-refractivity contribution >= 4 is 38.7 Å². The Morgan fingerprint density at radius 1 is 1.04 bits per heavy atom. The van der Waals surface area contributed by atoms with Gasteiger partial charge < -0.3 is 4.57 Å². The van der Waals surface area contributed by atoms with Gasteiger partial charge in [-0.15, -0.1) is 41.0 Å². The van der Waals surface area contributed by atoms with Crippen LogP contribution < -0.4 is 0 Å². The van der Waals surface area contributed by atoms with Crippen LogP contribution in [0.5, 0.6) is 0 Å². The number of aromatic nitrogens is 1.